The SMILES string of the molecule is CN1CC(n2cc(C(=O)O)ccc2=O)CCC1=O. The van der Waals surface area contributed by atoms with Gasteiger partial charge in [-0.25, -0.2) is 4.79 Å². The minimum absolute atomic E-state index is 0.0497. The molecule has 1 aromatic rings. The van der Waals surface area contributed by atoms with Gasteiger partial charge in [0.2, 0.25) is 5.91 Å². The molecule has 1 amide bonds. The Bertz CT molecular complexity index is 549. The molecule has 6 nitrogen and oxygen atoms in total. The predicted octanol–water partition coefficient (Wildman–Crippen LogP) is 0.340. The molecule has 0 aliphatic carbocycles. The molecule has 2 heterocycles. The van der Waals surface area contributed by atoms with Gasteiger partial charge in [-0.1, -0.05) is 0 Å². The van der Waals surface area contributed by atoms with E-state index in [1.807, 2.05) is 0 Å². The first-order valence-electron chi connectivity index (χ1n) is 5.68. The van der Waals surface area contributed by atoms with Crippen molar-refractivity contribution in [1.29, 1.82) is 0 Å². The monoisotopic (exact) mass is 250 g/mol. The first-order chi connectivity index (χ1) is 8.49. The number of pyridine rings is 1. The van der Waals surface area contributed by atoms with E-state index in [0.717, 1.165) is 0 Å². The summed E-state index contributed by atoms with van der Waals surface area (Å²) in [7, 11) is 1.68. The minimum atomic E-state index is -1.07. The molecule has 96 valence electrons. The number of carboxylic acid groups (broad SMARTS) is 1. The van der Waals surface area contributed by atoms with Gasteiger partial charge in [0, 0.05) is 32.3 Å². The molecular formula is C12H14N2O4. The van der Waals surface area contributed by atoms with Gasteiger partial charge in [-0.2, -0.15) is 0 Å². The van der Waals surface area contributed by atoms with Crippen LogP contribution in [0, 0.1) is 0 Å². The van der Waals surface area contributed by atoms with Crippen LogP contribution in [0.25, 0.3) is 0 Å². The topological polar surface area (TPSA) is 79.6 Å². The Morgan fingerprint density at radius 3 is 2.72 bits per heavy atom. The Morgan fingerprint density at radius 2 is 2.11 bits per heavy atom. The minimum Gasteiger partial charge on any atom is -0.478 e. The summed E-state index contributed by atoms with van der Waals surface area (Å²) >= 11 is 0. The number of likely N-dealkylation sites (tertiary alicyclic amines) is 1. The highest BCUT2D eigenvalue weighted by atomic mass is 16.4. The lowest BCUT2D eigenvalue weighted by molar-refractivity contribution is -0.132. The van der Waals surface area contributed by atoms with Crippen molar-refractivity contribution >= 4 is 11.9 Å². The summed E-state index contributed by atoms with van der Waals surface area (Å²) in [6.45, 7) is 0.432. The summed E-state index contributed by atoms with van der Waals surface area (Å²) in [4.78, 5) is 35.6. The Morgan fingerprint density at radius 1 is 1.39 bits per heavy atom. The van der Waals surface area contributed by atoms with Crippen LogP contribution in [-0.4, -0.2) is 40.0 Å². The molecule has 0 spiro atoms. The van der Waals surface area contributed by atoms with E-state index >= 15 is 0 Å². The molecule has 1 aromatic heterocycles. The number of carbonyl (C=O) groups is 2. The summed E-state index contributed by atoms with van der Waals surface area (Å²) in [6.07, 6.45) is 2.29. The number of aromatic nitrogens is 1. The molecule has 1 atom stereocenters. The van der Waals surface area contributed by atoms with E-state index < -0.39 is 5.97 Å². The third-order valence-electron chi connectivity index (χ3n) is 3.18. The van der Waals surface area contributed by atoms with Crippen molar-refractivity contribution in [1.82, 2.24) is 9.47 Å². The maximum Gasteiger partial charge on any atom is 0.337 e. The molecule has 0 bridgehead atoms. The van der Waals surface area contributed by atoms with Crippen LogP contribution in [0.2, 0.25) is 0 Å². The number of carboxylic acids is 1. The van der Waals surface area contributed by atoms with Gasteiger partial charge in [0.05, 0.1) is 11.6 Å². The van der Waals surface area contributed by atoms with Crippen LogP contribution in [0.4, 0.5) is 0 Å². The maximum absolute atomic E-state index is 11.7. The average molecular weight is 250 g/mol. The van der Waals surface area contributed by atoms with E-state index in [1.165, 1.54) is 22.9 Å². The van der Waals surface area contributed by atoms with E-state index in [1.54, 1.807) is 11.9 Å². The van der Waals surface area contributed by atoms with Crippen molar-refractivity contribution in [3.8, 4) is 0 Å². The van der Waals surface area contributed by atoms with Gasteiger partial charge in [-0.05, 0) is 12.5 Å². The fourth-order valence-electron chi connectivity index (χ4n) is 2.13. The lowest BCUT2D eigenvalue weighted by atomic mass is 10.1. The summed E-state index contributed by atoms with van der Waals surface area (Å²) < 4.78 is 1.41. The summed E-state index contributed by atoms with van der Waals surface area (Å²) in [5, 5.41) is 8.91. The number of carbonyl (C=O) groups excluding carboxylic acids is 1. The third kappa shape index (κ3) is 2.27. The summed E-state index contributed by atoms with van der Waals surface area (Å²) in [5.41, 5.74) is -0.165. The van der Waals surface area contributed by atoms with E-state index in [4.69, 9.17) is 5.11 Å². The Balaban J connectivity index is 2.33. The predicted molar refractivity (Wildman–Crippen MR) is 63.6 cm³/mol. The smallest absolute Gasteiger partial charge is 0.337 e. The van der Waals surface area contributed by atoms with Gasteiger partial charge in [0.15, 0.2) is 0 Å². The molecule has 1 saturated heterocycles. The van der Waals surface area contributed by atoms with Gasteiger partial charge < -0.3 is 14.6 Å². The first-order valence-corrected chi connectivity index (χ1v) is 5.68. The van der Waals surface area contributed by atoms with Gasteiger partial charge in [-0.15, -0.1) is 0 Å². The van der Waals surface area contributed by atoms with Crippen LogP contribution in [0.3, 0.4) is 0 Å². The highest BCUT2D eigenvalue weighted by Gasteiger charge is 2.24. The van der Waals surface area contributed by atoms with Crippen LogP contribution in [0.1, 0.15) is 29.2 Å². The van der Waals surface area contributed by atoms with Crippen LogP contribution >= 0.6 is 0 Å². The maximum atomic E-state index is 11.7. The van der Waals surface area contributed by atoms with Crippen LogP contribution in [0.5, 0.6) is 0 Å². The van der Waals surface area contributed by atoms with Crippen molar-refractivity contribution in [2.75, 3.05) is 13.6 Å². The van der Waals surface area contributed by atoms with Crippen molar-refractivity contribution in [3.63, 3.8) is 0 Å². The fourth-order valence-corrected chi connectivity index (χ4v) is 2.13. The largest absolute Gasteiger partial charge is 0.478 e. The van der Waals surface area contributed by atoms with Crippen LogP contribution in [0.15, 0.2) is 23.1 Å². The summed E-state index contributed by atoms with van der Waals surface area (Å²) in [6, 6.07) is 2.39. The van der Waals surface area contributed by atoms with Crippen LogP contribution in [-0.2, 0) is 4.79 Å². The molecule has 1 aliphatic heterocycles. The molecule has 0 saturated carbocycles. The zero-order chi connectivity index (χ0) is 13.3. The summed E-state index contributed by atoms with van der Waals surface area (Å²) in [5.74, 6) is -1.02. The number of nitrogens with zero attached hydrogens (tertiary/aromatic N) is 2. The Hall–Kier alpha value is -2.11. The molecule has 1 fully saturated rings. The molecule has 0 aromatic carbocycles. The second-order valence-electron chi connectivity index (χ2n) is 4.44. The van der Waals surface area contributed by atoms with E-state index in [-0.39, 0.29) is 23.1 Å². The number of piperidine rings is 1. The molecule has 6 heteroatoms. The van der Waals surface area contributed by atoms with E-state index in [9.17, 15) is 14.4 Å². The molecule has 0 radical (unpaired) electrons. The standard InChI is InChI=1S/C12H14N2O4/c1-13-7-9(3-5-10(13)15)14-6-8(12(17)18)2-4-11(14)16/h2,4,6,9H,3,5,7H2,1H3,(H,17,18). The fraction of sp³-hybridized carbons (Fsp3) is 0.417. The first kappa shape index (κ1) is 12.3. The van der Waals surface area contributed by atoms with Crippen molar-refractivity contribution in [2.45, 2.75) is 18.9 Å². The number of aromatic carboxylic acids is 1. The van der Waals surface area contributed by atoms with Gasteiger partial charge in [0.25, 0.3) is 5.56 Å². The zero-order valence-electron chi connectivity index (χ0n) is 10.00. The Kier molecular flexibility index (Phi) is 3.18. The van der Waals surface area contributed by atoms with Crippen molar-refractivity contribution < 1.29 is 14.7 Å². The molecule has 1 unspecified atom stereocenters. The van der Waals surface area contributed by atoms with Crippen molar-refractivity contribution in [2.24, 2.45) is 0 Å². The van der Waals surface area contributed by atoms with E-state index in [2.05, 4.69) is 0 Å². The van der Waals surface area contributed by atoms with Crippen molar-refractivity contribution in [3.05, 3.63) is 34.2 Å². The van der Waals surface area contributed by atoms with E-state index in [0.29, 0.717) is 19.4 Å². The molecule has 18 heavy (non-hydrogen) atoms. The number of rotatable bonds is 2. The zero-order valence-corrected chi connectivity index (χ0v) is 10.00. The van der Waals surface area contributed by atoms with Gasteiger partial charge in [-0.3, -0.25) is 9.59 Å². The molecule has 2 rings (SSSR count). The quantitative estimate of drug-likeness (QED) is 0.820. The highest BCUT2D eigenvalue weighted by molar-refractivity contribution is 5.87. The van der Waals surface area contributed by atoms with Gasteiger partial charge >= 0.3 is 5.97 Å². The number of hydrogen-bond acceptors (Lipinski definition) is 3. The Labute approximate surface area is 103 Å². The highest BCUT2D eigenvalue weighted by Crippen LogP contribution is 2.20. The number of likely N-dealkylation sites (N-methyl/N-ethyl adjacent to an activating group) is 1. The molecule has 1 aliphatic rings. The second-order valence-corrected chi connectivity index (χ2v) is 4.44. The lowest BCUT2D eigenvalue weighted by Crippen LogP contribution is -2.40. The lowest BCUT2D eigenvalue weighted by Gasteiger charge is -2.30. The normalized spacial score (nSPS) is 19.9. The van der Waals surface area contributed by atoms with Crippen LogP contribution < -0.4 is 5.56 Å². The van der Waals surface area contributed by atoms with Gasteiger partial charge in [0.1, 0.15) is 0 Å². The molecular weight excluding hydrogens is 236 g/mol. The number of hydrogen-bond donors (Lipinski definition) is 1. The second kappa shape index (κ2) is 4.64. The average Bonchev–Trinajstić information content (AvgIpc) is 2.33. The number of amides is 1. The third-order valence-corrected chi connectivity index (χ3v) is 3.18. The molecule has 1 N–H and O–H groups in total.